The van der Waals surface area contributed by atoms with Gasteiger partial charge in [0.15, 0.2) is 0 Å². The number of benzene rings is 1. The normalized spacial score (nSPS) is 10.3. The summed E-state index contributed by atoms with van der Waals surface area (Å²) >= 11 is 0. The summed E-state index contributed by atoms with van der Waals surface area (Å²) in [6, 6.07) is 7.16. The molecule has 0 atom stereocenters. The molecule has 0 spiro atoms. The van der Waals surface area contributed by atoms with Crippen molar-refractivity contribution >= 4 is 23.5 Å². The standard InChI is InChI=1S/C21H32N2O6/c1-3-29-23-20(25)13-7-5-4-6-12-19(24)22-17-10-8-11-18(16-17)28-15-9-14-21(26)27-2/h8,10-11,16H,3-7,9,12-15H2,1-2H3,(H,22,24)(H,23,25). The Bertz CT molecular complexity index is 635. The molecule has 0 saturated heterocycles. The Morgan fingerprint density at radius 1 is 0.931 bits per heavy atom. The van der Waals surface area contributed by atoms with E-state index in [0.717, 1.165) is 25.7 Å². The number of rotatable bonds is 15. The fourth-order valence-corrected chi connectivity index (χ4v) is 2.52. The minimum absolute atomic E-state index is 0.0538. The van der Waals surface area contributed by atoms with Gasteiger partial charge in [0.25, 0.3) is 0 Å². The van der Waals surface area contributed by atoms with Gasteiger partial charge in [-0.15, -0.1) is 0 Å². The predicted octanol–water partition coefficient (Wildman–Crippen LogP) is 3.37. The zero-order valence-electron chi connectivity index (χ0n) is 17.3. The first-order chi connectivity index (χ1) is 14.0. The average Bonchev–Trinajstić information content (AvgIpc) is 2.72. The smallest absolute Gasteiger partial charge is 0.305 e. The second-order valence-electron chi connectivity index (χ2n) is 6.48. The number of unbranched alkanes of at least 4 members (excludes halogenated alkanes) is 3. The fourth-order valence-electron chi connectivity index (χ4n) is 2.52. The van der Waals surface area contributed by atoms with Crippen LogP contribution in [0.25, 0.3) is 0 Å². The Kier molecular flexibility index (Phi) is 12.9. The molecule has 1 rings (SSSR count). The molecule has 0 unspecified atom stereocenters. The van der Waals surface area contributed by atoms with Crippen molar-refractivity contribution in [1.82, 2.24) is 5.48 Å². The van der Waals surface area contributed by atoms with Crippen LogP contribution in [0.3, 0.4) is 0 Å². The van der Waals surface area contributed by atoms with E-state index in [-0.39, 0.29) is 17.8 Å². The number of nitrogens with one attached hydrogen (secondary N) is 2. The summed E-state index contributed by atoms with van der Waals surface area (Å²) in [5, 5.41) is 2.86. The van der Waals surface area contributed by atoms with E-state index in [0.29, 0.717) is 50.3 Å². The van der Waals surface area contributed by atoms with Crippen molar-refractivity contribution in [3.63, 3.8) is 0 Å². The Labute approximate surface area is 172 Å². The number of anilines is 1. The topological polar surface area (TPSA) is 103 Å². The maximum absolute atomic E-state index is 12.1. The lowest BCUT2D eigenvalue weighted by Crippen LogP contribution is -2.23. The summed E-state index contributed by atoms with van der Waals surface area (Å²) in [5.74, 6) is 0.209. The molecule has 0 aliphatic rings. The van der Waals surface area contributed by atoms with Crippen LogP contribution in [-0.2, 0) is 24.0 Å². The maximum atomic E-state index is 12.1. The summed E-state index contributed by atoms with van der Waals surface area (Å²) in [7, 11) is 1.36. The number of esters is 1. The van der Waals surface area contributed by atoms with E-state index in [1.807, 2.05) is 6.92 Å². The van der Waals surface area contributed by atoms with Crippen molar-refractivity contribution in [1.29, 1.82) is 0 Å². The molecular formula is C21H32N2O6. The van der Waals surface area contributed by atoms with Crippen LogP contribution in [0.1, 0.15) is 58.3 Å². The lowest BCUT2D eigenvalue weighted by molar-refractivity contribution is -0.140. The number of hydrogen-bond donors (Lipinski definition) is 2. The molecule has 0 saturated carbocycles. The van der Waals surface area contributed by atoms with Crippen molar-refractivity contribution in [3.05, 3.63) is 24.3 Å². The van der Waals surface area contributed by atoms with Gasteiger partial charge in [-0.05, 0) is 38.3 Å². The highest BCUT2D eigenvalue weighted by Crippen LogP contribution is 2.18. The second-order valence-corrected chi connectivity index (χ2v) is 6.48. The molecule has 0 aliphatic heterocycles. The molecule has 0 bridgehead atoms. The van der Waals surface area contributed by atoms with Gasteiger partial charge in [0.2, 0.25) is 11.8 Å². The molecule has 8 nitrogen and oxygen atoms in total. The van der Waals surface area contributed by atoms with E-state index in [1.165, 1.54) is 7.11 Å². The van der Waals surface area contributed by atoms with E-state index >= 15 is 0 Å². The molecule has 0 heterocycles. The molecule has 0 radical (unpaired) electrons. The van der Waals surface area contributed by atoms with Gasteiger partial charge in [0.1, 0.15) is 5.75 Å². The van der Waals surface area contributed by atoms with Gasteiger partial charge in [-0.3, -0.25) is 19.2 Å². The first-order valence-corrected chi connectivity index (χ1v) is 10.0. The van der Waals surface area contributed by atoms with Gasteiger partial charge in [-0.1, -0.05) is 18.9 Å². The van der Waals surface area contributed by atoms with Crippen molar-refractivity contribution in [2.45, 2.75) is 58.3 Å². The third kappa shape index (κ3) is 12.5. The molecule has 29 heavy (non-hydrogen) atoms. The van der Waals surface area contributed by atoms with E-state index < -0.39 is 0 Å². The molecule has 162 valence electrons. The monoisotopic (exact) mass is 408 g/mol. The zero-order valence-corrected chi connectivity index (χ0v) is 17.3. The average molecular weight is 408 g/mol. The summed E-state index contributed by atoms with van der Waals surface area (Å²) in [4.78, 5) is 39.3. The first kappa shape index (κ1) is 24.4. The van der Waals surface area contributed by atoms with Crippen LogP contribution in [0, 0.1) is 0 Å². The Hall–Kier alpha value is -2.61. The molecule has 2 N–H and O–H groups in total. The predicted molar refractivity (Wildman–Crippen MR) is 109 cm³/mol. The molecule has 2 amide bonds. The van der Waals surface area contributed by atoms with Crippen molar-refractivity contribution in [2.75, 3.05) is 25.6 Å². The number of hydrogen-bond acceptors (Lipinski definition) is 6. The molecule has 1 aromatic carbocycles. The SMILES string of the molecule is CCONC(=O)CCCCCCC(=O)Nc1cccc(OCCCC(=O)OC)c1. The Morgan fingerprint density at radius 2 is 1.66 bits per heavy atom. The van der Waals surface area contributed by atoms with Gasteiger partial charge >= 0.3 is 5.97 Å². The summed E-state index contributed by atoms with van der Waals surface area (Å²) in [6.45, 7) is 2.66. The van der Waals surface area contributed by atoms with Crippen LogP contribution in [0.4, 0.5) is 5.69 Å². The Morgan fingerprint density at radius 3 is 2.34 bits per heavy atom. The lowest BCUT2D eigenvalue weighted by Gasteiger charge is -2.09. The van der Waals surface area contributed by atoms with Crippen LogP contribution in [0.15, 0.2) is 24.3 Å². The number of methoxy groups -OCH3 is 1. The first-order valence-electron chi connectivity index (χ1n) is 10.0. The van der Waals surface area contributed by atoms with Gasteiger partial charge < -0.3 is 14.8 Å². The summed E-state index contributed by atoms with van der Waals surface area (Å²) in [5.41, 5.74) is 3.04. The van der Waals surface area contributed by atoms with Crippen LogP contribution in [-0.4, -0.2) is 38.1 Å². The van der Waals surface area contributed by atoms with E-state index in [4.69, 9.17) is 9.57 Å². The number of carbonyl (C=O) groups excluding carboxylic acids is 3. The number of ether oxygens (including phenoxy) is 2. The van der Waals surface area contributed by atoms with Gasteiger partial charge in [0, 0.05) is 31.0 Å². The lowest BCUT2D eigenvalue weighted by atomic mass is 10.1. The van der Waals surface area contributed by atoms with E-state index in [2.05, 4.69) is 15.5 Å². The molecule has 8 heteroatoms. The Balaban J connectivity index is 2.17. The molecule has 0 fully saturated rings. The van der Waals surface area contributed by atoms with E-state index in [9.17, 15) is 14.4 Å². The highest BCUT2D eigenvalue weighted by molar-refractivity contribution is 5.90. The van der Waals surface area contributed by atoms with Gasteiger partial charge in [-0.2, -0.15) is 0 Å². The van der Waals surface area contributed by atoms with Crippen molar-refractivity contribution < 1.29 is 28.7 Å². The highest BCUT2D eigenvalue weighted by Gasteiger charge is 2.05. The van der Waals surface area contributed by atoms with E-state index in [1.54, 1.807) is 24.3 Å². The zero-order chi connectivity index (χ0) is 21.3. The number of carbonyl (C=O) groups is 3. The summed E-state index contributed by atoms with van der Waals surface area (Å²) in [6.07, 6.45) is 5.05. The molecule has 0 aromatic heterocycles. The van der Waals surface area contributed by atoms with Crippen LogP contribution in [0.2, 0.25) is 0 Å². The minimum atomic E-state index is -0.261. The maximum Gasteiger partial charge on any atom is 0.305 e. The van der Waals surface area contributed by atoms with Crippen LogP contribution < -0.4 is 15.5 Å². The van der Waals surface area contributed by atoms with Gasteiger partial charge in [-0.25, -0.2) is 5.48 Å². The van der Waals surface area contributed by atoms with Crippen LogP contribution in [0.5, 0.6) is 5.75 Å². The molecule has 1 aromatic rings. The van der Waals surface area contributed by atoms with Crippen LogP contribution >= 0.6 is 0 Å². The quantitative estimate of drug-likeness (QED) is 0.262. The third-order valence-corrected chi connectivity index (χ3v) is 4.03. The minimum Gasteiger partial charge on any atom is -0.494 e. The van der Waals surface area contributed by atoms with Gasteiger partial charge in [0.05, 0.1) is 20.3 Å². The van der Waals surface area contributed by atoms with Crippen molar-refractivity contribution in [2.24, 2.45) is 0 Å². The third-order valence-electron chi connectivity index (χ3n) is 4.03. The van der Waals surface area contributed by atoms with Crippen molar-refractivity contribution in [3.8, 4) is 5.75 Å². The summed E-state index contributed by atoms with van der Waals surface area (Å²) < 4.78 is 10.2. The molecular weight excluding hydrogens is 376 g/mol. The number of hydroxylamine groups is 1. The number of amides is 2. The molecule has 0 aliphatic carbocycles. The fraction of sp³-hybridized carbons (Fsp3) is 0.571. The highest BCUT2D eigenvalue weighted by atomic mass is 16.6. The second kappa shape index (κ2) is 15.3. The largest absolute Gasteiger partial charge is 0.494 e.